The molecule has 0 unspecified atom stereocenters. The fourth-order valence-corrected chi connectivity index (χ4v) is 4.16. The lowest BCUT2D eigenvalue weighted by molar-refractivity contribution is -0.134. The van der Waals surface area contributed by atoms with Crippen molar-refractivity contribution in [1.29, 1.82) is 0 Å². The van der Waals surface area contributed by atoms with Crippen LogP contribution < -0.4 is 14.8 Å². The second kappa shape index (κ2) is 9.18. The van der Waals surface area contributed by atoms with Gasteiger partial charge in [-0.15, -0.1) is 11.3 Å². The number of nitrogens with zero attached hydrogens (tertiary/aromatic N) is 2. The Balaban J connectivity index is 1.74. The first-order valence-electron chi connectivity index (χ1n) is 9.87. The van der Waals surface area contributed by atoms with Crippen LogP contribution in [0.25, 0.3) is 21.6 Å². The van der Waals surface area contributed by atoms with Gasteiger partial charge in [0, 0.05) is 12.1 Å². The Morgan fingerprint density at radius 3 is 2.35 bits per heavy atom. The smallest absolute Gasteiger partial charge is 0.425 e. The van der Waals surface area contributed by atoms with E-state index in [-0.39, 0.29) is 34.0 Å². The first kappa shape index (κ1) is 23.3. The molecule has 0 saturated heterocycles. The van der Waals surface area contributed by atoms with Crippen LogP contribution in [-0.4, -0.2) is 35.3 Å². The summed E-state index contributed by atoms with van der Waals surface area (Å²) >= 11 is 0.521. The fraction of sp³-hybridized carbons (Fsp3) is 0.174. The summed E-state index contributed by atoms with van der Waals surface area (Å²) in [5.41, 5.74) is 1.35. The second-order valence-corrected chi connectivity index (χ2v) is 8.18. The molecule has 4 rings (SSSR count). The third-order valence-electron chi connectivity index (χ3n) is 4.97. The lowest BCUT2D eigenvalue weighted by Crippen LogP contribution is -2.04. The Morgan fingerprint density at radius 2 is 1.74 bits per heavy atom. The molecule has 11 heteroatoms. The Hall–Kier alpha value is -3.86. The molecule has 2 heterocycles. The molecule has 0 bridgehead atoms. The van der Waals surface area contributed by atoms with Gasteiger partial charge >= 0.3 is 12.1 Å². The highest BCUT2D eigenvalue weighted by Crippen LogP contribution is 2.40. The summed E-state index contributed by atoms with van der Waals surface area (Å²) in [6.45, 7) is 0.251. The number of anilines is 1. The van der Waals surface area contributed by atoms with Gasteiger partial charge in [-0.05, 0) is 35.9 Å². The minimum Gasteiger partial charge on any atom is -0.493 e. The summed E-state index contributed by atoms with van der Waals surface area (Å²) < 4.78 is 50.6. The number of fused-ring (bicyclic) bond motifs is 1. The SMILES string of the molecule is COc1ccc(CNc2nc(-c3ccc(C(=O)O)cc3)nc3sc(C(F)(F)F)cc23)cc1OC. The molecule has 0 spiro atoms. The maximum absolute atomic E-state index is 13.4. The molecule has 0 amide bonds. The number of hydrogen-bond donors (Lipinski definition) is 2. The highest BCUT2D eigenvalue weighted by atomic mass is 32.1. The van der Waals surface area contributed by atoms with Gasteiger partial charge in [0.05, 0.1) is 25.2 Å². The van der Waals surface area contributed by atoms with Gasteiger partial charge in [-0.2, -0.15) is 13.2 Å². The van der Waals surface area contributed by atoms with E-state index in [4.69, 9.17) is 14.6 Å². The van der Waals surface area contributed by atoms with Gasteiger partial charge in [-0.25, -0.2) is 14.8 Å². The van der Waals surface area contributed by atoms with Crippen LogP contribution in [0, 0.1) is 0 Å². The fourth-order valence-electron chi connectivity index (χ4n) is 3.26. The molecular weight excluding hydrogens is 471 g/mol. The third-order valence-corrected chi connectivity index (χ3v) is 6.04. The predicted molar refractivity (Wildman–Crippen MR) is 122 cm³/mol. The number of benzene rings is 2. The topological polar surface area (TPSA) is 93.6 Å². The van der Waals surface area contributed by atoms with E-state index in [0.717, 1.165) is 11.6 Å². The number of ether oxygens (including phenoxy) is 2. The summed E-state index contributed by atoms with van der Waals surface area (Å²) in [7, 11) is 3.03. The monoisotopic (exact) mass is 489 g/mol. The van der Waals surface area contributed by atoms with Gasteiger partial charge in [0.1, 0.15) is 15.5 Å². The third kappa shape index (κ3) is 4.74. The molecule has 176 valence electrons. The van der Waals surface area contributed by atoms with Crippen molar-refractivity contribution in [3.63, 3.8) is 0 Å². The van der Waals surface area contributed by atoms with E-state index < -0.39 is 17.0 Å². The van der Waals surface area contributed by atoms with Crippen LogP contribution in [-0.2, 0) is 12.7 Å². The highest BCUT2D eigenvalue weighted by molar-refractivity contribution is 7.18. The van der Waals surface area contributed by atoms with Crippen molar-refractivity contribution in [2.45, 2.75) is 12.7 Å². The van der Waals surface area contributed by atoms with E-state index in [9.17, 15) is 18.0 Å². The number of hydrogen-bond acceptors (Lipinski definition) is 7. The van der Waals surface area contributed by atoms with E-state index in [1.54, 1.807) is 18.2 Å². The van der Waals surface area contributed by atoms with Gasteiger partial charge in [-0.1, -0.05) is 18.2 Å². The molecule has 2 N–H and O–H groups in total. The lowest BCUT2D eigenvalue weighted by Gasteiger charge is -2.12. The van der Waals surface area contributed by atoms with Gasteiger partial charge in [0.2, 0.25) is 0 Å². The number of alkyl halides is 3. The molecule has 2 aromatic heterocycles. The molecule has 34 heavy (non-hydrogen) atoms. The van der Waals surface area contributed by atoms with Crippen LogP contribution in [0.1, 0.15) is 20.8 Å². The average Bonchev–Trinajstić information content (AvgIpc) is 3.27. The number of aromatic nitrogens is 2. The average molecular weight is 489 g/mol. The number of carboxylic acids is 1. The summed E-state index contributed by atoms with van der Waals surface area (Å²) in [5.74, 6) is 0.381. The molecule has 0 aliphatic carbocycles. The number of carbonyl (C=O) groups is 1. The standard InChI is InChI=1S/C23H18F3N3O4S/c1-32-16-8-3-12(9-17(16)33-2)11-27-20-15-10-18(23(24,25)26)34-21(15)29-19(28-20)13-4-6-14(7-5-13)22(30)31/h3-10H,11H2,1-2H3,(H,30,31)(H,27,28,29). The number of aromatic carboxylic acids is 1. The van der Waals surface area contributed by atoms with Crippen LogP contribution >= 0.6 is 11.3 Å². The Bertz CT molecular complexity index is 1350. The molecule has 0 radical (unpaired) electrons. The lowest BCUT2D eigenvalue weighted by atomic mass is 10.1. The predicted octanol–water partition coefficient (Wildman–Crippen LogP) is 5.70. The summed E-state index contributed by atoms with van der Waals surface area (Å²) in [6.07, 6.45) is -4.52. The number of nitrogens with one attached hydrogen (secondary N) is 1. The van der Waals surface area contributed by atoms with Crippen LogP contribution in [0.4, 0.5) is 19.0 Å². The van der Waals surface area contributed by atoms with Crippen molar-refractivity contribution in [1.82, 2.24) is 9.97 Å². The normalized spacial score (nSPS) is 11.4. The number of halogens is 3. The van der Waals surface area contributed by atoms with Crippen molar-refractivity contribution in [3.8, 4) is 22.9 Å². The molecule has 0 saturated carbocycles. The van der Waals surface area contributed by atoms with Gasteiger partial charge in [-0.3, -0.25) is 0 Å². The second-order valence-electron chi connectivity index (χ2n) is 7.15. The minimum atomic E-state index is -4.52. The van der Waals surface area contributed by atoms with Gasteiger partial charge < -0.3 is 19.9 Å². The van der Waals surface area contributed by atoms with Gasteiger partial charge in [0.15, 0.2) is 17.3 Å². The van der Waals surface area contributed by atoms with Crippen LogP contribution in [0.3, 0.4) is 0 Å². The zero-order valence-corrected chi connectivity index (χ0v) is 18.8. The van der Waals surface area contributed by atoms with Crippen molar-refractivity contribution >= 4 is 33.3 Å². The number of carboxylic acid groups (broad SMARTS) is 1. The first-order valence-corrected chi connectivity index (χ1v) is 10.7. The van der Waals surface area contributed by atoms with E-state index in [2.05, 4.69) is 15.3 Å². The Morgan fingerprint density at radius 1 is 1.03 bits per heavy atom. The molecule has 0 fully saturated rings. The minimum absolute atomic E-state index is 0.0760. The summed E-state index contributed by atoms with van der Waals surface area (Å²) in [5, 5.41) is 12.4. The van der Waals surface area contributed by atoms with Crippen LogP contribution in [0.2, 0.25) is 0 Å². The van der Waals surface area contributed by atoms with Crippen LogP contribution in [0.5, 0.6) is 11.5 Å². The maximum atomic E-state index is 13.4. The number of methoxy groups -OCH3 is 2. The van der Waals surface area contributed by atoms with Crippen molar-refractivity contribution in [3.05, 3.63) is 64.5 Å². The Labute approximate surface area is 195 Å². The zero-order valence-electron chi connectivity index (χ0n) is 17.9. The van der Waals surface area contributed by atoms with Crippen molar-refractivity contribution in [2.75, 3.05) is 19.5 Å². The maximum Gasteiger partial charge on any atom is 0.425 e. The molecule has 0 atom stereocenters. The molecule has 4 aromatic rings. The summed E-state index contributed by atoms with van der Waals surface area (Å²) in [6, 6.07) is 12.1. The highest BCUT2D eigenvalue weighted by Gasteiger charge is 2.33. The quantitative estimate of drug-likeness (QED) is 0.344. The molecular formula is C23H18F3N3O4S. The molecule has 0 aliphatic heterocycles. The summed E-state index contributed by atoms with van der Waals surface area (Å²) in [4.78, 5) is 19.2. The number of thiophene rings is 1. The molecule has 7 nitrogen and oxygen atoms in total. The van der Waals surface area contributed by atoms with Crippen molar-refractivity contribution < 1.29 is 32.5 Å². The van der Waals surface area contributed by atoms with Gasteiger partial charge in [0.25, 0.3) is 0 Å². The molecule has 0 aliphatic rings. The zero-order chi connectivity index (χ0) is 24.5. The van der Waals surface area contributed by atoms with E-state index >= 15 is 0 Å². The van der Waals surface area contributed by atoms with Crippen molar-refractivity contribution in [2.24, 2.45) is 0 Å². The Kier molecular flexibility index (Phi) is 6.29. The van der Waals surface area contributed by atoms with E-state index in [1.807, 2.05) is 0 Å². The first-order chi connectivity index (χ1) is 16.2. The van der Waals surface area contributed by atoms with E-state index in [1.165, 1.54) is 38.5 Å². The van der Waals surface area contributed by atoms with Crippen LogP contribution in [0.15, 0.2) is 48.5 Å². The largest absolute Gasteiger partial charge is 0.493 e. The van der Waals surface area contributed by atoms with E-state index in [0.29, 0.717) is 28.4 Å². The number of rotatable bonds is 7. The molecule has 2 aromatic carbocycles.